The summed E-state index contributed by atoms with van der Waals surface area (Å²) in [6.45, 7) is 1.97. The Morgan fingerprint density at radius 1 is 0.955 bits per heavy atom. The van der Waals surface area contributed by atoms with Crippen LogP contribution in [0.5, 0.6) is 5.75 Å². The van der Waals surface area contributed by atoms with Gasteiger partial charge in [0.2, 0.25) is 0 Å². The second-order valence-corrected chi connectivity index (χ2v) is 5.66. The molecule has 22 heavy (non-hydrogen) atoms. The molecule has 2 rings (SSSR count). The Bertz CT molecular complexity index is 584. The maximum absolute atomic E-state index is 10.8. The van der Waals surface area contributed by atoms with E-state index in [0.29, 0.717) is 35.6 Å². The number of unbranched alkanes of at least 4 members (excludes halogenated alkanes) is 1. The molecule has 0 radical (unpaired) electrons. The lowest BCUT2D eigenvalue weighted by Crippen LogP contribution is -2.02. The van der Waals surface area contributed by atoms with Crippen molar-refractivity contribution in [1.82, 2.24) is 0 Å². The number of carbonyl (C=O) groups is 1. The van der Waals surface area contributed by atoms with Crippen molar-refractivity contribution in [2.24, 2.45) is 0 Å². The van der Waals surface area contributed by atoms with Crippen molar-refractivity contribution in [2.75, 3.05) is 13.2 Å². The molecule has 0 N–H and O–H groups in total. The van der Waals surface area contributed by atoms with E-state index in [9.17, 15) is 4.79 Å². The zero-order valence-electron chi connectivity index (χ0n) is 12.3. The van der Waals surface area contributed by atoms with E-state index in [2.05, 4.69) is 28.1 Å². The molecule has 2 aromatic carbocycles. The third-order valence-electron chi connectivity index (χ3n) is 3.17. The van der Waals surface area contributed by atoms with Crippen LogP contribution >= 0.6 is 15.9 Å². The van der Waals surface area contributed by atoms with Gasteiger partial charge in [-0.2, -0.15) is 0 Å². The second-order valence-electron chi connectivity index (χ2n) is 4.87. The van der Waals surface area contributed by atoms with Crippen LogP contribution in [0.15, 0.2) is 53.0 Å². The van der Waals surface area contributed by atoms with Gasteiger partial charge in [-0.25, -0.2) is 0 Å². The molecule has 0 aliphatic rings. The second kappa shape index (κ2) is 9.38. The number of benzene rings is 2. The lowest BCUT2D eigenvalue weighted by atomic mass is 10.2. The standard InChI is InChI=1S/C18H19BrO3/c19-18-16(13-20)9-6-10-17(18)22-12-5-4-11-21-14-15-7-2-1-3-8-15/h1-3,6-10,13H,4-5,11-12,14H2. The number of hydrogen-bond acceptors (Lipinski definition) is 3. The number of carbonyl (C=O) groups excluding carboxylic acids is 1. The summed E-state index contributed by atoms with van der Waals surface area (Å²) in [6, 6.07) is 15.5. The Kier molecular flexibility index (Phi) is 7.13. The van der Waals surface area contributed by atoms with Crippen molar-refractivity contribution < 1.29 is 14.3 Å². The number of aldehydes is 1. The SMILES string of the molecule is O=Cc1cccc(OCCCCOCc2ccccc2)c1Br. The topological polar surface area (TPSA) is 35.5 Å². The predicted molar refractivity (Wildman–Crippen MR) is 90.4 cm³/mol. The summed E-state index contributed by atoms with van der Waals surface area (Å²) in [6.07, 6.45) is 2.67. The average Bonchev–Trinajstić information content (AvgIpc) is 2.56. The summed E-state index contributed by atoms with van der Waals surface area (Å²) in [7, 11) is 0. The molecule has 116 valence electrons. The van der Waals surface area contributed by atoms with Crippen LogP contribution in [-0.2, 0) is 11.3 Å². The maximum atomic E-state index is 10.8. The molecular weight excluding hydrogens is 344 g/mol. The van der Waals surface area contributed by atoms with E-state index in [1.165, 1.54) is 5.56 Å². The minimum Gasteiger partial charge on any atom is -0.492 e. The minimum atomic E-state index is 0.601. The fraction of sp³-hybridized carbons (Fsp3) is 0.278. The molecule has 0 bridgehead atoms. The van der Waals surface area contributed by atoms with Crippen molar-refractivity contribution in [3.05, 3.63) is 64.1 Å². The summed E-state index contributed by atoms with van der Waals surface area (Å²) >= 11 is 3.38. The molecule has 0 spiro atoms. The average molecular weight is 363 g/mol. The van der Waals surface area contributed by atoms with Crippen LogP contribution < -0.4 is 4.74 Å². The fourth-order valence-corrected chi connectivity index (χ4v) is 2.46. The van der Waals surface area contributed by atoms with Gasteiger partial charge in [-0.3, -0.25) is 4.79 Å². The van der Waals surface area contributed by atoms with Crippen molar-refractivity contribution >= 4 is 22.2 Å². The Morgan fingerprint density at radius 2 is 1.73 bits per heavy atom. The van der Waals surface area contributed by atoms with E-state index in [-0.39, 0.29) is 0 Å². The van der Waals surface area contributed by atoms with Gasteiger partial charge < -0.3 is 9.47 Å². The van der Waals surface area contributed by atoms with Gasteiger partial charge in [0, 0.05) is 12.2 Å². The summed E-state index contributed by atoms with van der Waals surface area (Å²) in [5.74, 6) is 0.704. The number of ether oxygens (including phenoxy) is 2. The van der Waals surface area contributed by atoms with Crippen LogP contribution in [0, 0.1) is 0 Å². The highest BCUT2D eigenvalue weighted by molar-refractivity contribution is 9.10. The van der Waals surface area contributed by atoms with Crippen LogP contribution in [0.2, 0.25) is 0 Å². The molecule has 0 unspecified atom stereocenters. The van der Waals surface area contributed by atoms with Crippen LogP contribution in [0.25, 0.3) is 0 Å². The fourth-order valence-electron chi connectivity index (χ4n) is 1.98. The lowest BCUT2D eigenvalue weighted by molar-refractivity contribution is 0.112. The highest BCUT2D eigenvalue weighted by Gasteiger charge is 2.05. The first-order chi connectivity index (χ1) is 10.8. The first-order valence-corrected chi connectivity index (χ1v) is 8.08. The normalized spacial score (nSPS) is 10.4. The van der Waals surface area contributed by atoms with E-state index >= 15 is 0 Å². The third-order valence-corrected chi connectivity index (χ3v) is 4.02. The molecule has 4 heteroatoms. The quantitative estimate of drug-likeness (QED) is 0.481. The van der Waals surface area contributed by atoms with Crippen LogP contribution in [0.1, 0.15) is 28.8 Å². The zero-order chi connectivity index (χ0) is 15.6. The maximum Gasteiger partial charge on any atom is 0.151 e. The Balaban J connectivity index is 1.61. The molecule has 0 saturated heterocycles. The largest absolute Gasteiger partial charge is 0.492 e. The molecule has 0 aliphatic carbocycles. The Hall–Kier alpha value is -1.65. The smallest absolute Gasteiger partial charge is 0.151 e. The Morgan fingerprint density at radius 3 is 2.50 bits per heavy atom. The Labute approximate surface area is 139 Å². The first-order valence-electron chi connectivity index (χ1n) is 7.29. The first kappa shape index (κ1) is 16.7. The summed E-state index contributed by atoms with van der Waals surface area (Å²) in [5.41, 5.74) is 1.79. The van der Waals surface area contributed by atoms with Crippen molar-refractivity contribution in [3.8, 4) is 5.75 Å². The molecule has 2 aromatic rings. The van der Waals surface area contributed by atoms with Crippen molar-refractivity contribution in [1.29, 1.82) is 0 Å². The van der Waals surface area contributed by atoms with E-state index in [0.717, 1.165) is 19.1 Å². The molecule has 0 amide bonds. The highest BCUT2D eigenvalue weighted by atomic mass is 79.9. The van der Waals surface area contributed by atoms with E-state index in [1.54, 1.807) is 6.07 Å². The minimum absolute atomic E-state index is 0.601. The number of hydrogen-bond donors (Lipinski definition) is 0. The van der Waals surface area contributed by atoms with Crippen LogP contribution in [0.4, 0.5) is 0 Å². The summed E-state index contributed by atoms with van der Waals surface area (Å²) in [4.78, 5) is 10.8. The van der Waals surface area contributed by atoms with E-state index in [4.69, 9.17) is 9.47 Å². The van der Waals surface area contributed by atoms with Gasteiger partial charge in [0.25, 0.3) is 0 Å². The predicted octanol–water partition coefficient (Wildman–Crippen LogP) is 4.64. The molecule has 0 atom stereocenters. The molecule has 0 heterocycles. The molecule has 3 nitrogen and oxygen atoms in total. The van der Waals surface area contributed by atoms with Gasteiger partial charge in [0.15, 0.2) is 6.29 Å². The van der Waals surface area contributed by atoms with E-state index < -0.39 is 0 Å². The van der Waals surface area contributed by atoms with Crippen molar-refractivity contribution in [3.63, 3.8) is 0 Å². The van der Waals surface area contributed by atoms with Crippen LogP contribution in [-0.4, -0.2) is 19.5 Å². The summed E-state index contributed by atoms with van der Waals surface area (Å²) in [5, 5.41) is 0. The third kappa shape index (κ3) is 5.28. The van der Waals surface area contributed by atoms with Gasteiger partial charge in [-0.15, -0.1) is 0 Å². The zero-order valence-corrected chi connectivity index (χ0v) is 13.9. The monoisotopic (exact) mass is 362 g/mol. The molecule has 0 aromatic heterocycles. The molecule has 0 saturated carbocycles. The molecule has 0 aliphatic heterocycles. The van der Waals surface area contributed by atoms with Crippen LogP contribution in [0.3, 0.4) is 0 Å². The summed E-state index contributed by atoms with van der Waals surface area (Å²) < 4.78 is 12.0. The van der Waals surface area contributed by atoms with E-state index in [1.807, 2.05) is 30.3 Å². The lowest BCUT2D eigenvalue weighted by Gasteiger charge is -2.09. The highest BCUT2D eigenvalue weighted by Crippen LogP contribution is 2.27. The van der Waals surface area contributed by atoms with Gasteiger partial charge in [-0.1, -0.05) is 42.5 Å². The van der Waals surface area contributed by atoms with Gasteiger partial charge in [0.05, 0.1) is 17.7 Å². The van der Waals surface area contributed by atoms with Crippen molar-refractivity contribution in [2.45, 2.75) is 19.4 Å². The van der Waals surface area contributed by atoms with Gasteiger partial charge >= 0.3 is 0 Å². The molecular formula is C18H19BrO3. The van der Waals surface area contributed by atoms with Gasteiger partial charge in [-0.05, 0) is 40.4 Å². The number of halogens is 1. The number of rotatable bonds is 9. The molecule has 0 fully saturated rings. The van der Waals surface area contributed by atoms with Gasteiger partial charge in [0.1, 0.15) is 5.75 Å².